The van der Waals surface area contributed by atoms with Crippen molar-refractivity contribution < 1.29 is 26.8 Å². The quantitative estimate of drug-likeness (QED) is 0.613. The minimum absolute atomic E-state index is 0.00792. The van der Waals surface area contributed by atoms with Crippen LogP contribution in [0.2, 0.25) is 0 Å². The Labute approximate surface area is 109 Å². The number of carbonyl (C=O) groups excluding carboxylic acids is 2. The highest BCUT2D eigenvalue weighted by atomic mass is 32.3. The molecule has 3 rings (SSSR count). The van der Waals surface area contributed by atoms with E-state index in [1.54, 1.807) is 0 Å². The smallest absolute Gasteiger partial charge is 0.354 e. The van der Waals surface area contributed by atoms with Gasteiger partial charge in [-0.15, -0.1) is 4.28 Å². The fourth-order valence-electron chi connectivity index (χ4n) is 3.11. The molecule has 0 aromatic carbocycles. The topological polar surface area (TPSA) is 116 Å². The SMILES string of the molecule is O=C1NCCC2CC3CN(C(=O)N3OS(=O)(=O)O)C12. The second-order valence-electron chi connectivity index (χ2n) is 4.94. The molecular formula is C9H13N3O6S. The Morgan fingerprint density at radius 3 is 2.79 bits per heavy atom. The number of hydrogen-bond acceptors (Lipinski definition) is 5. The predicted octanol–water partition coefficient (Wildman–Crippen LogP) is -1.26. The Hall–Kier alpha value is -1.39. The van der Waals surface area contributed by atoms with Crippen molar-refractivity contribution in [3.63, 3.8) is 0 Å². The Kier molecular flexibility index (Phi) is 2.69. The summed E-state index contributed by atoms with van der Waals surface area (Å²) in [6.07, 6.45) is 1.21. The van der Waals surface area contributed by atoms with E-state index in [0.717, 1.165) is 6.42 Å². The van der Waals surface area contributed by atoms with Gasteiger partial charge < -0.3 is 10.2 Å². The molecule has 3 aliphatic heterocycles. The van der Waals surface area contributed by atoms with Gasteiger partial charge >= 0.3 is 16.4 Å². The van der Waals surface area contributed by atoms with E-state index in [0.29, 0.717) is 18.0 Å². The van der Waals surface area contributed by atoms with Crippen molar-refractivity contribution in [1.82, 2.24) is 15.3 Å². The fraction of sp³-hybridized carbons (Fsp3) is 0.778. The molecule has 3 saturated heterocycles. The van der Waals surface area contributed by atoms with Crippen molar-refractivity contribution in [2.75, 3.05) is 13.1 Å². The molecule has 3 unspecified atom stereocenters. The second-order valence-corrected chi connectivity index (χ2v) is 5.94. The molecule has 2 N–H and O–H groups in total. The summed E-state index contributed by atoms with van der Waals surface area (Å²) in [5.74, 6) is -0.233. The number of hydrogen-bond donors (Lipinski definition) is 2. The molecule has 0 aromatic heterocycles. The van der Waals surface area contributed by atoms with Crippen molar-refractivity contribution in [2.24, 2.45) is 5.92 Å². The number of hydroxylamine groups is 2. The normalized spacial score (nSPS) is 34.3. The largest absolute Gasteiger partial charge is 0.418 e. The molecule has 0 aliphatic carbocycles. The van der Waals surface area contributed by atoms with Crippen LogP contribution >= 0.6 is 0 Å². The zero-order valence-electron chi connectivity index (χ0n) is 9.85. The lowest BCUT2D eigenvalue weighted by Crippen LogP contribution is -2.58. The third kappa shape index (κ3) is 2.05. The number of rotatable bonds is 2. The number of piperidine rings is 2. The van der Waals surface area contributed by atoms with Crippen molar-refractivity contribution in [3.8, 4) is 0 Å². The Bertz CT molecular complexity index is 534. The van der Waals surface area contributed by atoms with Gasteiger partial charge in [-0.1, -0.05) is 0 Å². The Morgan fingerprint density at radius 2 is 2.11 bits per heavy atom. The van der Waals surface area contributed by atoms with Crippen LogP contribution in [0.15, 0.2) is 0 Å². The van der Waals surface area contributed by atoms with Crippen LogP contribution in [-0.2, 0) is 19.5 Å². The molecule has 3 heterocycles. The van der Waals surface area contributed by atoms with E-state index in [2.05, 4.69) is 9.60 Å². The van der Waals surface area contributed by atoms with Gasteiger partial charge in [-0.25, -0.2) is 4.79 Å². The molecule has 10 heteroatoms. The lowest BCUT2D eigenvalue weighted by molar-refractivity contribution is -0.130. The van der Waals surface area contributed by atoms with Gasteiger partial charge in [0.05, 0.1) is 6.04 Å². The minimum atomic E-state index is -4.75. The first-order valence-electron chi connectivity index (χ1n) is 5.91. The fourth-order valence-corrected chi connectivity index (χ4v) is 3.50. The van der Waals surface area contributed by atoms with Gasteiger partial charge in [0.1, 0.15) is 6.04 Å². The maximum Gasteiger partial charge on any atom is 0.418 e. The van der Waals surface area contributed by atoms with Crippen LogP contribution in [0.25, 0.3) is 0 Å². The maximum atomic E-state index is 12.0. The van der Waals surface area contributed by atoms with Gasteiger partial charge in [0.25, 0.3) is 0 Å². The highest BCUT2D eigenvalue weighted by Gasteiger charge is 2.54. The maximum absolute atomic E-state index is 12.0. The van der Waals surface area contributed by atoms with Crippen molar-refractivity contribution >= 4 is 22.3 Å². The van der Waals surface area contributed by atoms with E-state index >= 15 is 0 Å². The molecule has 3 fully saturated rings. The van der Waals surface area contributed by atoms with Crippen LogP contribution in [-0.4, -0.2) is 60.0 Å². The van der Waals surface area contributed by atoms with Crippen LogP contribution < -0.4 is 5.32 Å². The number of nitrogens with zero attached hydrogens (tertiary/aromatic N) is 2. The highest BCUT2D eigenvalue weighted by Crippen LogP contribution is 2.37. The zero-order chi connectivity index (χ0) is 13.8. The second kappa shape index (κ2) is 4.05. The predicted molar refractivity (Wildman–Crippen MR) is 59.9 cm³/mol. The van der Waals surface area contributed by atoms with Crippen LogP contribution in [0.3, 0.4) is 0 Å². The standard InChI is InChI=1S/C9H13N3O6S/c13-8-7-5(1-2-10-8)3-6-4-11(7)9(14)12(6)18-19(15,16)17/h5-7H,1-4H2,(H,10,13)(H,15,16,17). The molecule has 2 bridgehead atoms. The summed E-state index contributed by atoms with van der Waals surface area (Å²) in [5.41, 5.74) is 0. The first kappa shape index (κ1) is 12.6. The number of urea groups is 1. The Balaban J connectivity index is 1.88. The number of carbonyl (C=O) groups is 2. The molecule has 0 saturated carbocycles. The van der Waals surface area contributed by atoms with Crippen LogP contribution in [0, 0.1) is 5.92 Å². The zero-order valence-corrected chi connectivity index (χ0v) is 10.7. The van der Waals surface area contributed by atoms with E-state index in [4.69, 9.17) is 4.55 Å². The summed E-state index contributed by atoms with van der Waals surface area (Å²) < 4.78 is 34.5. The third-order valence-corrected chi connectivity index (χ3v) is 4.14. The average molecular weight is 291 g/mol. The molecule has 106 valence electrons. The summed E-state index contributed by atoms with van der Waals surface area (Å²) in [6.45, 7) is 0.775. The highest BCUT2D eigenvalue weighted by molar-refractivity contribution is 7.80. The average Bonchev–Trinajstić information content (AvgIpc) is 2.53. The van der Waals surface area contributed by atoms with E-state index in [9.17, 15) is 18.0 Å². The summed E-state index contributed by atoms with van der Waals surface area (Å²) in [5, 5.41) is 3.34. The van der Waals surface area contributed by atoms with Crippen molar-refractivity contribution in [2.45, 2.75) is 24.9 Å². The number of amides is 3. The molecule has 3 atom stereocenters. The molecule has 19 heavy (non-hydrogen) atoms. The number of fused-ring (bicyclic) bond motifs is 4. The van der Waals surface area contributed by atoms with Crippen molar-refractivity contribution in [1.29, 1.82) is 0 Å². The molecule has 9 nitrogen and oxygen atoms in total. The molecular weight excluding hydrogens is 278 g/mol. The number of nitrogens with one attached hydrogen (secondary N) is 1. The molecule has 3 amide bonds. The van der Waals surface area contributed by atoms with Gasteiger partial charge in [-0.2, -0.15) is 13.5 Å². The van der Waals surface area contributed by atoms with Gasteiger partial charge in [0.2, 0.25) is 5.91 Å². The summed E-state index contributed by atoms with van der Waals surface area (Å²) in [4.78, 5) is 25.2. The van der Waals surface area contributed by atoms with E-state index in [-0.39, 0.29) is 18.4 Å². The summed E-state index contributed by atoms with van der Waals surface area (Å²) >= 11 is 0. The van der Waals surface area contributed by atoms with E-state index in [1.807, 2.05) is 0 Å². The first-order valence-corrected chi connectivity index (χ1v) is 7.28. The minimum Gasteiger partial charge on any atom is -0.354 e. The molecule has 0 aromatic rings. The summed E-state index contributed by atoms with van der Waals surface area (Å²) in [6, 6.07) is -1.73. The van der Waals surface area contributed by atoms with Crippen molar-refractivity contribution in [3.05, 3.63) is 0 Å². The van der Waals surface area contributed by atoms with E-state index in [1.165, 1.54) is 4.90 Å². The van der Waals surface area contributed by atoms with E-state index < -0.39 is 28.5 Å². The van der Waals surface area contributed by atoms with Gasteiger partial charge in [0, 0.05) is 13.1 Å². The lowest BCUT2D eigenvalue weighted by atomic mass is 9.83. The molecule has 0 radical (unpaired) electrons. The van der Waals surface area contributed by atoms with Gasteiger partial charge in [0.15, 0.2) is 0 Å². The molecule has 3 aliphatic rings. The lowest BCUT2D eigenvalue weighted by Gasteiger charge is -2.39. The van der Waals surface area contributed by atoms with Crippen LogP contribution in [0.4, 0.5) is 4.79 Å². The summed E-state index contributed by atoms with van der Waals surface area (Å²) in [7, 11) is -4.75. The first-order chi connectivity index (χ1) is 8.87. The Morgan fingerprint density at radius 1 is 1.37 bits per heavy atom. The molecule has 0 spiro atoms. The monoisotopic (exact) mass is 291 g/mol. The van der Waals surface area contributed by atoms with Gasteiger partial charge in [-0.05, 0) is 18.8 Å². The van der Waals surface area contributed by atoms with Gasteiger partial charge in [-0.3, -0.25) is 9.35 Å². The third-order valence-electron chi connectivity index (χ3n) is 3.79. The van der Waals surface area contributed by atoms with Crippen LogP contribution in [0.1, 0.15) is 12.8 Å². The van der Waals surface area contributed by atoms with Crippen LogP contribution in [0.5, 0.6) is 0 Å².